The third kappa shape index (κ3) is 4.77. The van der Waals surface area contributed by atoms with Crippen LogP contribution >= 0.6 is 0 Å². The Hall–Kier alpha value is -0.610. The molecule has 0 bridgehead atoms. The minimum absolute atomic E-state index is 0.0623. The number of hydrogen-bond donors (Lipinski definition) is 2. The number of amides is 1. The van der Waals surface area contributed by atoms with Crippen LogP contribution in [0, 0.1) is 0 Å². The predicted octanol–water partition coefficient (Wildman–Crippen LogP) is 1.98. The van der Waals surface area contributed by atoms with Crippen molar-refractivity contribution >= 4 is 5.91 Å². The summed E-state index contributed by atoms with van der Waals surface area (Å²) >= 11 is 0. The maximum atomic E-state index is 11.9. The van der Waals surface area contributed by atoms with Crippen molar-refractivity contribution in [1.29, 1.82) is 0 Å². The van der Waals surface area contributed by atoms with E-state index < -0.39 is 0 Å². The van der Waals surface area contributed by atoms with E-state index in [0.717, 1.165) is 25.7 Å². The highest BCUT2D eigenvalue weighted by Crippen LogP contribution is 2.21. The van der Waals surface area contributed by atoms with Crippen LogP contribution in [0.2, 0.25) is 0 Å². The van der Waals surface area contributed by atoms with Crippen molar-refractivity contribution in [3.05, 3.63) is 0 Å². The number of rotatable bonds is 5. The summed E-state index contributed by atoms with van der Waals surface area (Å²) in [5.74, 6) is 0.0623. The second-order valence-corrected chi connectivity index (χ2v) is 5.93. The van der Waals surface area contributed by atoms with Gasteiger partial charge in [0.2, 0.25) is 5.91 Å². The second-order valence-electron chi connectivity index (χ2n) is 5.93. The lowest BCUT2D eigenvalue weighted by Crippen LogP contribution is -2.44. The molecule has 0 aromatic carbocycles. The Kier molecular flexibility index (Phi) is 6.11. The fourth-order valence-electron chi connectivity index (χ4n) is 3.33. The standard InChI is InChI=1S/C15H28N2O2/c1-16-13-9-5-6-10-14(13)19-11-15(18)17-12-7-3-2-4-8-12/h12-14,16H,2-11H2,1H3,(H,17,18). The Balaban J connectivity index is 1.67. The summed E-state index contributed by atoms with van der Waals surface area (Å²) in [4.78, 5) is 11.9. The van der Waals surface area contributed by atoms with Crippen LogP contribution in [0.4, 0.5) is 0 Å². The molecule has 2 unspecified atom stereocenters. The van der Waals surface area contributed by atoms with Crippen molar-refractivity contribution in [2.75, 3.05) is 13.7 Å². The molecule has 0 saturated heterocycles. The van der Waals surface area contributed by atoms with E-state index in [1.807, 2.05) is 7.05 Å². The van der Waals surface area contributed by atoms with Gasteiger partial charge in [-0.15, -0.1) is 0 Å². The monoisotopic (exact) mass is 268 g/mol. The highest BCUT2D eigenvalue weighted by Gasteiger charge is 2.25. The van der Waals surface area contributed by atoms with Crippen molar-refractivity contribution in [2.45, 2.75) is 76.0 Å². The average Bonchev–Trinajstić information content (AvgIpc) is 2.46. The molecule has 4 heteroatoms. The van der Waals surface area contributed by atoms with E-state index in [9.17, 15) is 4.79 Å². The molecule has 0 heterocycles. The highest BCUT2D eigenvalue weighted by atomic mass is 16.5. The Morgan fingerprint density at radius 1 is 1.05 bits per heavy atom. The molecule has 0 aromatic rings. The molecule has 0 radical (unpaired) electrons. The molecular formula is C15H28N2O2. The third-order valence-electron chi connectivity index (χ3n) is 4.47. The molecule has 110 valence electrons. The molecule has 2 N–H and O–H groups in total. The summed E-state index contributed by atoms with van der Waals surface area (Å²) < 4.78 is 5.82. The first-order valence-electron chi connectivity index (χ1n) is 7.88. The topological polar surface area (TPSA) is 50.4 Å². The van der Waals surface area contributed by atoms with Crippen LogP contribution in [0.5, 0.6) is 0 Å². The van der Waals surface area contributed by atoms with Gasteiger partial charge < -0.3 is 15.4 Å². The van der Waals surface area contributed by atoms with E-state index >= 15 is 0 Å². The van der Waals surface area contributed by atoms with Crippen molar-refractivity contribution in [3.8, 4) is 0 Å². The SMILES string of the molecule is CNC1CCCCC1OCC(=O)NC1CCCCC1. The maximum Gasteiger partial charge on any atom is 0.246 e. The van der Waals surface area contributed by atoms with Gasteiger partial charge in [-0.1, -0.05) is 32.1 Å². The van der Waals surface area contributed by atoms with Gasteiger partial charge in [0.05, 0.1) is 6.10 Å². The molecular weight excluding hydrogens is 240 g/mol. The molecule has 4 nitrogen and oxygen atoms in total. The number of carbonyl (C=O) groups is 1. The van der Waals surface area contributed by atoms with Gasteiger partial charge in [-0.2, -0.15) is 0 Å². The number of likely N-dealkylation sites (N-methyl/N-ethyl adjacent to an activating group) is 1. The van der Waals surface area contributed by atoms with E-state index in [1.54, 1.807) is 0 Å². The van der Waals surface area contributed by atoms with Crippen LogP contribution in [0.25, 0.3) is 0 Å². The van der Waals surface area contributed by atoms with Gasteiger partial charge in [-0.05, 0) is 32.7 Å². The molecule has 19 heavy (non-hydrogen) atoms. The van der Waals surface area contributed by atoms with Gasteiger partial charge in [0.25, 0.3) is 0 Å². The molecule has 2 fully saturated rings. The predicted molar refractivity (Wildman–Crippen MR) is 76.1 cm³/mol. The number of nitrogens with one attached hydrogen (secondary N) is 2. The number of hydrogen-bond acceptors (Lipinski definition) is 3. The molecule has 2 aliphatic rings. The molecule has 2 atom stereocenters. The summed E-state index contributed by atoms with van der Waals surface area (Å²) in [7, 11) is 1.98. The van der Waals surface area contributed by atoms with Gasteiger partial charge in [0.1, 0.15) is 6.61 Å². The van der Waals surface area contributed by atoms with Gasteiger partial charge in [0.15, 0.2) is 0 Å². The summed E-state index contributed by atoms with van der Waals surface area (Å²) in [6.07, 6.45) is 11.0. The van der Waals surface area contributed by atoms with Gasteiger partial charge in [0, 0.05) is 12.1 Å². The van der Waals surface area contributed by atoms with Crippen LogP contribution in [-0.4, -0.2) is 37.7 Å². The van der Waals surface area contributed by atoms with Gasteiger partial charge >= 0.3 is 0 Å². The molecule has 0 spiro atoms. The Morgan fingerprint density at radius 2 is 1.74 bits per heavy atom. The van der Waals surface area contributed by atoms with Crippen LogP contribution in [0.15, 0.2) is 0 Å². The van der Waals surface area contributed by atoms with E-state index in [4.69, 9.17) is 4.74 Å². The van der Waals surface area contributed by atoms with Crippen molar-refractivity contribution < 1.29 is 9.53 Å². The fourth-order valence-corrected chi connectivity index (χ4v) is 3.33. The van der Waals surface area contributed by atoms with Crippen LogP contribution in [-0.2, 0) is 9.53 Å². The fraction of sp³-hybridized carbons (Fsp3) is 0.933. The number of carbonyl (C=O) groups excluding carboxylic acids is 1. The van der Waals surface area contributed by atoms with Crippen LogP contribution in [0.3, 0.4) is 0 Å². The molecule has 0 aromatic heterocycles. The molecule has 2 rings (SSSR count). The average molecular weight is 268 g/mol. The Morgan fingerprint density at radius 3 is 2.47 bits per heavy atom. The lowest BCUT2D eigenvalue weighted by molar-refractivity contribution is -0.129. The van der Waals surface area contributed by atoms with Crippen molar-refractivity contribution in [2.24, 2.45) is 0 Å². The zero-order valence-corrected chi connectivity index (χ0v) is 12.1. The summed E-state index contributed by atoms with van der Waals surface area (Å²) in [5, 5.41) is 6.41. The quantitative estimate of drug-likeness (QED) is 0.801. The zero-order valence-electron chi connectivity index (χ0n) is 12.1. The van der Waals surface area contributed by atoms with Gasteiger partial charge in [-0.3, -0.25) is 4.79 Å². The first kappa shape index (κ1) is 14.8. The summed E-state index contributed by atoms with van der Waals surface area (Å²) in [6, 6.07) is 0.799. The first-order valence-corrected chi connectivity index (χ1v) is 7.88. The largest absolute Gasteiger partial charge is 0.367 e. The maximum absolute atomic E-state index is 11.9. The van der Waals surface area contributed by atoms with Crippen molar-refractivity contribution in [1.82, 2.24) is 10.6 Å². The highest BCUT2D eigenvalue weighted by molar-refractivity contribution is 5.77. The van der Waals surface area contributed by atoms with E-state index in [2.05, 4.69) is 10.6 Å². The Labute approximate surface area is 116 Å². The smallest absolute Gasteiger partial charge is 0.246 e. The Bertz CT molecular complexity index is 277. The zero-order chi connectivity index (χ0) is 13.5. The minimum Gasteiger partial charge on any atom is -0.367 e. The van der Waals surface area contributed by atoms with Crippen LogP contribution in [0.1, 0.15) is 57.8 Å². The summed E-state index contributed by atoms with van der Waals surface area (Å²) in [5.41, 5.74) is 0. The summed E-state index contributed by atoms with van der Waals surface area (Å²) in [6.45, 7) is 0.222. The van der Waals surface area contributed by atoms with Gasteiger partial charge in [-0.25, -0.2) is 0 Å². The number of ether oxygens (including phenoxy) is 1. The molecule has 2 aliphatic carbocycles. The molecule has 2 saturated carbocycles. The van der Waals surface area contributed by atoms with E-state index in [1.165, 1.54) is 32.1 Å². The third-order valence-corrected chi connectivity index (χ3v) is 4.47. The molecule has 1 amide bonds. The lowest BCUT2D eigenvalue weighted by atomic mass is 9.92. The minimum atomic E-state index is 0.0623. The van der Waals surface area contributed by atoms with E-state index in [0.29, 0.717) is 12.1 Å². The molecule has 0 aliphatic heterocycles. The van der Waals surface area contributed by atoms with E-state index in [-0.39, 0.29) is 18.6 Å². The van der Waals surface area contributed by atoms with Crippen molar-refractivity contribution in [3.63, 3.8) is 0 Å². The van der Waals surface area contributed by atoms with Crippen LogP contribution < -0.4 is 10.6 Å². The normalized spacial score (nSPS) is 29.1. The second kappa shape index (κ2) is 7.85. The lowest BCUT2D eigenvalue weighted by Gasteiger charge is -2.31. The first-order chi connectivity index (χ1) is 9.29.